The Labute approximate surface area is 117 Å². The van der Waals surface area contributed by atoms with Crippen molar-refractivity contribution in [2.24, 2.45) is 11.7 Å². The maximum absolute atomic E-state index is 11.6. The summed E-state index contributed by atoms with van der Waals surface area (Å²) in [6.07, 6.45) is 4.29. The average Bonchev–Trinajstić information content (AvgIpc) is 2.32. The van der Waals surface area contributed by atoms with Gasteiger partial charge in [-0.2, -0.15) is 0 Å². The number of nitrogens with one attached hydrogen (secondary N) is 1. The quantitative estimate of drug-likeness (QED) is 0.771. The Morgan fingerprint density at radius 1 is 1.44 bits per heavy atom. The zero-order valence-electron chi connectivity index (χ0n) is 11.7. The number of hydrogen-bond donors (Lipinski definition) is 2. The molecule has 1 fully saturated rings. The molecule has 1 atom stereocenters. The maximum Gasteiger partial charge on any atom is 0.236 e. The molecule has 1 aliphatic rings. The number of carbonyl (C=O) groups is 1. The minimum atomic E-state index is -0.332. The van der Waals surface area contributed by atoms with Crippen LogP contribution in [0, 0.1) is 5.92 Å². The van der Waals surface area contributed by atoms with Crippen LogP contribution in [-0.2, 0) is 4.79 Å². The van der Waals surface area contributed by atoms with Crippen LogP contribution in [0.4, 0.5) is 0 Å². The fourth-order valence-electron chi connectivity index (χ4n) is 2.20. The third-order valence-electron chi connectivity index (χ3n) is 3.54. The summed E-state index contributed by atoms with van der Waals surface area (Å²) < 4.78 is 0. The van der Waals surface area contributed by atoms with Gasteiger partial charge in [0.15, 0.2) is 0 Å². The van der Waals surface area contributed by atoms with Crippen molar-refractivity contribution in [3.63, 3.8) is 0 Å². The Bertz CT molecular complexity index is 230. The highest BCUT2D eigenvalue weighted by molar-refractivity contribution is 5.85. The first-order valence-electron chi connectivity index (χ1n) is 6.89. The van der Waals surface area contributed by atoms with E-state index >= 15 is 0 Å². The van der Waals surface area contributed by atoms with Crippen LogP contribution in [0.1, 0.15) is 39.5 Å². The van der Waals surface area contributed by atoms with Crippen LogP contribution in [0.3, 0.4) is 0 Å². The zero-order chi connectivity index (χ0) is 12.7. The molecule has 0 saturated carbocycles. The fourth-order valence-corrected chi connectivity index (χ4v) is 2.20. The van der Waals surface area contributed by atoms with Crippen molar-refractivity contribution in [2.45, 2.75) is 45.6 Å². The van der Waals surface area contributed by atoms with Crippen molar-refractivity contribution >= 4 is 18.3 Å². The van der Waals surface area contributed by atoms with E-state index in [0.29, 0.717) is 0 Å². The van der Waals surface area contributed by atoms with Crippen LogP contribution < -0.4 is 11.1 Å². The molecule has 1 aliphatic heterocycles. The van der Waals surface area contributed by atoms with Crippen LogP contribution in [0.15, 0.2) is 0 Å². The predicted molar refractivity (Wildman–Crippen MR) is 78.0 cm³/mol. The van der Waals surface area contributed by atoms with Gasteiger partial charge in [0.2, 0.25) is 5.91 Å². The average molecular weight is 278 g/mol. The van der Waals surface area contributed by atoms with E-state index in [1.165, 1.54) is 12.8 Å². The first-order chi connectivity index (χ1) is 8.13. The van der Waals surface area contributed by atoms with Gasteiger partial charge in [0.05, 0.1) is 6.04 Å². The number of likely N-dealkylation sites (tertiary alicyclic amines) is 1. The molecule has 1 saturated heterocycles. The summed E-state index contributed by atoms with van der Waals surface area (Å²) in [4.78, 5) is 14.0. The van der Waals surface area contributed by atoms with Crippen molar-refractivity contribution in [2.75, 3.05) is 26.2 Å². The molecule has 0 aliphatic carbocycles. The van der Waals surface area contributed by atoms with Gasteiger partial charge in [-0.1, -0.05) is 20.3 Å². The fraction of sp³-hybridized carbons (Fsp3) is 0.923. The third kappa shape index (κ3) is 6.57. The van der Waals surface area contributed by atoms with Gasteiger partial charge >= 0.3 is 0 Å². The van der Waals surface area contributed by atoms with Crippen molar-refractivity contribution in [1.82, 2.24) is 10.2 Å². The van der Waals surface area contributed by atoms with E-state index in [1.807, 2.05) is 6.92 Å². The highest BCUT2D eigenvalue weighted by atomic mass is 35.5. The Kier molecular flexibility index (Phi) is 9.42. The van der Waals surface area contributed by atoms with Gasteiger partial charge in [0, 0.05) is 13.1 Å². The molecule has 1 amide bonds. The molecular formula is C13H28ClN3O. The van der Waals surface area contributed by atoms with Crippen LogP contribution in [0.2, 0.25) is 0 Å². The SMILES string of the molecule is CCCC(N)C(=O)NCCN1CCC(C)CC1.Cl. The zero-order valence-corrected chi connectivity index (χ0v) is 12.5. The maximum atomic E-state index is 11.6. The van der Waals surface area contributed by atoms with Crippen molar-refractivity contribution in [3.8, 4) is 0 Å². The van der Waals surface area contributed by atoms with E-state index in [1.54, 1.807) is 0 Å². The molecule has 0 spiro atoms. The molecule has 108 valence electrons. The molecule has 1 unspecified atom stereocenters. The second-order valence-electron chi connectivity index (χ2n) is 5.21. The van der Waals surface area contributed by atoms with Gasteiger partial charge in [-0.25, -0.2) is 0 Å². The van der Waals surface area contributed by atoms with Gasteiger partial charge in [-0.05, 0) is 38.3 Å². The second kappa shape index (κ2) is 9.59. The van der Waals surface area contributed by atoms with Crippen LogP contribution in [-0.4, -0.2) is 43.0 Å². The second-order valence-corrected chi connectivity index (χ2v) is 5.21. The minimum absolute atomic E-state index is 0. The lowest BCUT2D eigenvalue weighted by molar-refractivity contribution is -0.122. The van der Waals surface area contributed by atoms with Crippen LogP contribution in [0.5, 0.6) is 0 Å². The van der Waals surface area contributed by atoms with Crippen molar-refractivity contribution in [1.29, 1.82) is 0 Å². The number of nitrogens with two attached hydrogens (primary N) is 1. The lowest BCUT2D eigenvalue weighted by Crippen LogP contribution is -2.44. The number of piperidine rings is 1. The van der Waals surface area contributed by atoms with Gasteiger partial charge in [-0.3, -0.25) is 4.79 Å². The van der Waals surface area contributed by atoms with E-state index in [2.05, 4.69) is 17.1 Å². The standard InChI is InChI=1S/C13H27N3O.ClH/c1-3-4-12(14)13(17)15-7-10-16-8-5-11(2)6-9-16;/h11-12H,3-10,14H2,1-2H3,(H,15,17);1H. The molecule has 18 heavy (non-hydrogen) atoms. The summed E-state index contributed by atoms with van der Waals surface area (Å²) in [6, 6.07) is -0.332. The molecule has 1 heterocycles. The summed E-state index contributed by atoms with van der Waals surface area (Å²) in [7, 11) is 0. The normalized spacial score (nSPS) is 19.1. The molecule has 0 aromatic heterocycles. The lowest BCUT2D eigenvalue weighted by atomic mass is 9.99. The van der Waals surface area contributed by atoms with Gasteiger partial charge in [-0.15, -0.1) is 12.4 Å². The van der Waals surface area contributed by atoms with Crippen molar-refractivity contribution < 1.29 is 4.79 Å². The number of carbonyl (C=O) groups excluding carboxylic acids is 1. The van der Waals surface area contributed by atoms with E-state index in [-0.39, 0.29) is 24.4 Å². The lowest BCUT2D eigenvalue weighted by Gasteiger charge is -2.30. The summed E-state index contributed by atoms with van der Waals surface area (Å²) in [5, 5.41) is 2.92. The van der Waals surface area contributed by atoms with Crippen LogP contribution >= 0.6 is 12.4 Å². The molecule has 1 rings (SSSR count). The van der Waals surface area contributed by atoms with E-state index in [4.69, 9.17) is 5.73 Å². The van der Waals surface area contributed by atoms with Crippen LogP contribution in [0.25, 0.3) is 0 Å². The first kappa shape index (κ1) is 17.7. The van der Waals surface area contributed by atoms with Gasteiger partial charge in [0.1, 0.15) is 0 Å². The monoisotopic (exact) mass is 277 g/mol. The summed E-state index contributed by atoms with van der Waals surface area (Å²) in [6.45, 7) is 8.36. The minimum Gasteiger partial charge on any atom is -0.353 e. The molecule has 3 N–H and O–H groups in total. The molecule has 0 aromatic carbocycles. The largest absolute Gasteiger partial charge is 0.353 e. The molecule has 5 heteroatoms. The number of nitrogens with zero attached hydrogens (tertiary/aromatic N) is 1. The number of amides is 1. The van der Waals surface area contributed by atoms with Crippen molar-refractivity contribution in [3.05, 3.63) is 0 Å². The molecule has 0 radical (unpaired) electrons. The van der Waals surface area contributed by atoms with Gasteiger partial charge in [0.25, 0.3) is 0 Å². The predicted octanol–water partition coefficient (Wildman–Crippen LogP) is 1.38. The topological polar surface area (TPSA) is 58.4 Å². The summed E-state index contributed by atoms with van der Waals surface area (Å²) in [5.41, 5.74) is 5.74. The molecular weight excluding hydrogens is 250 g/mol. The third-order valence-corrected chi connectivity index (χ3v) is 3.54. The Morgan fingerprint density at radius 3 is 2.61 bits per heavy atom. The van der Waals surface area contributed by atoms with E-state index < -0.39 is 0 Å². The highest BCUT2D eigenvalue weighted by Gasteiger charge is 2.16. The summed E-state index contributed by atoms with van der Waals surface area (Å²) in [5.74, 6) is 0.857. The number of rotatable bonds is 6. The number of halogens is 1. The Balaban J connectivity index is 0.00000289. The molecule has 0 bridgehead atoms. The number of hydrogen-bond acceptors (Lipinski definition) is 3. The Hall–Kier alpha value is -0.320. The van der Waals surface area contributed by atoms with Gasteiger partial charge < -0.3 is 16.0 Å². The first-order valence-corrected chi connectivity index (χ1v) is 6.89. The molecule has 4 nitrogen and oxygen atoms in total. The smallest absolute Gasteiger partial charge is 0.236 e. The highest BCUT2D eigenvalue weighted by Crippen LogP contribution is 2.14. The summed E-state index contributed by atoms with van der Waals surface area (Å²) >= 11 is 0. The Morgan fingerprint density at radius 2 is 2.06 bits per heavy atom. The molecule has 0 aromatic rings. The van der Waals surface area contributed by atoms with E-state index in [0.717, 1.165) is 44.9 Å². The van der Waals surface area contributed by atoms with E-state index in [9.17, 15) is 4.79 Å².